The quantitative estimate of drug-likeness (QED) is 0.682. The molecule has 0 saturated heterocycles. The lowest BCUT2D eigenvalue weighted by Crippen LogP contribution is -2.26. The van der Waals surface area contributed by atoms with Gasteiger partial charge < -0.3 is 0 Å². The fourth-order valence-electron chi connectivity index (χ4n) is 2.38. The number of rotatable bonds is 6. The zero-order valence-corrected chi connectivity index (χ0v) is 15.0. The van der Waals surface area contributed by atoms with Crippen LogP contribution in [-0.2, 0) is 11.3 Å². The molecule has 1 amide bonds. The average molecular weight is 407 g/mol. The van der Waals surface area contributed by atoms with Gasteiger partial charge >= 0.3 is 0 Å². The number of nitrogens with one attached hydrogen (secondary N) is 1. The van der Waals surface area contributed by atoms with E-state index in [1.807, 2.05) is 6.92 Å². The largest absolute Gasteiger partial charge is 0.291 e. The Hall–Kier alpha value is -2.55. The van der Waals surface area contributed by atoms with Crippen LogP contribution in [0.15, 0.2) is 47.5 Å². The molecule has 3 rings (SSSR count). The molecule has 0 radical (unpaired) electrons. The number of carbonyl (C=O) groups is 1. The van der Waals surface area contributed by atoms with E-state index in [4.69, 9.17) is 0 Å². The lowest BCUT2D eigenvalue weighted by molar-refractivity contribution is -0.119. The summed E-state index contributed by atoms with van der Waals surface area (Å²) in [4.78, 5) is 16.5. The molecule has 1 aromatic carbocycles. The van der Waals surface area contributed by atoms with Crippen molar-refractivity contribution in [1.29, 1.82) is 0 Å². The van der Waals surface area contributed by atoms with Gasteiger partial charge in [0.15, 0.2) is 0 Å². The number of anilines is 1. The van der Waals surface area contributed by atoms with Gasteiger partial charge in [-0.15, -0.1) is 5.10 Å². The lowest BCUT2D eigenvalue weighted by Gasteiger charge is -2.13. The molecule has 0 fully saturated rings. The molecule has 1 unspecified atom stereocenters. The maximum atomic E-state index is 12.9. The van der Waals surface area contributed by atoms with Crippen LogP contribution in [0.25, 0.3) is 0 Å². The van der Waals surface area contributed by atoms with Crippen LogP contribution < -0.4 is 5.32 Å². The summed E-state index contributed by atoms with van der Waals surface area (Å²) in [6, 6.07) is 5.69. The van der Waals surface area contributed by atoms with Gasteiger partial charge in [0, 0.05) is 6.20 Å². The van der Waals surface area contributed by atoms with Crippen LogP contribution in [-0.4, -0.2) is 30.5 Å². The van der Waals surface area contributed by atoms with Gasteiger partial charge in [-0.05, 0) is 40.0 Å². The van der Waals surface area contributed by atoms with E-state index in [-0.39, 0.29) is 17.7 Å². The van der Waals surface area contributed by atoms with Gasteiger partial charge in [0.1, 0.15) is 18.2 Å². The van der Waals surface area contributed by atoms with Gasteiger partial charge in [0.05, 0.1) is 17.2 Å². The highest BCUT2D eigenvalue weighted by Crippen LogP contribution is 2.16. The third-order valence-corrected chi connectivity index (χ3v) is 4.02. The molecule has 2 heterocycles. The van der Waals surface area contributed by atoms with Crippen molar-refractivity contribution in [2.75, 3.05) is 5.32 Å². The van der Waals surface area contributed by atoms with Crippen LogP contribution in [0.5, 0.6) is 0 Å². The highest BCUT2D eigenvalue weighted by Gasteiger charge is 2.20. The second kappa shape index (κ2) is 7.56. The van der Waals surface area contributed by atoms with Gasteiger partial charge in [-0.1, -0.05) is 19.1 Å². The summed E-state index contributed by atoms with van der Waals surface area (Å²) < 4.78 is 16.9. The molecule has 3 aromatic rings. The molecule has 0 saturated carbocycles. The molecule has 0 aliphatic carbocycles. The summed E-state index contributed by atoms with van der Waals surface area (Å²) in [6.07, 6.45) is 5.47. The minimum Gasteiger partial charge on any atom is -0.291 e. The Morgan fingerprint density at radius 2 is 2.12 bits per heavy atom. The standard InChI is InChI=1S/C16H16BrFN6O/c1-2-14(24-9-12(17)7-20-24)15(25)21-16-19-10-23(22-16)8-11-3-5-13(18)6-4-11/h3-7,9-10,14H,2,8H2,1H3,(H,21,22,25). The molecular weight excluding hydrogens is 391 g/mol. The van der Waals surface area contributed by atoms with Crippen LogP contribution in [0.2, 0.25) is 0 Å². The summed E-state index contributed by atoms with van der Waals surface area (Å²) in [5, 5.41) is 11.1. The van der Waals surface area contributed by atoms with Crippen LogP contribution in [0, 0.1) is 5.82 Å². The molecule has 2 aromatic heterocycles. The third kappa shape index (κ3) is 4.30. The number of aromatic nitrogens is 5. The normalized spacial score (nSPS) is 12.1. The Labute approximate surface area is 152 Å². The van der Waals surface area contributed by atoms with E-state index in [9.17, 15) is 9.18 Å². The van der Waals surface area contributed by atoms with E-state index in [0.717, 1.165) is 10.0 Å². The first-order valence-corrected chi connectivity index (χ1v) is 8.49. The van der Waals surface area contributed by atoms with Crippen molar-refractivity contribution < 1.29 is 9.18 Å². The van der Waals surface area contributed by atoms with Gasteiger partial charge in [0.25, 0.3) is 5.91 Å². The number of amides is 1. The summed E-state index contributed by atoms with van der Waals surface area (Å²) in [6.45, 7) is 2.34. The number of nitrogens with zero attached hydrogens (tertiary/aromatic N) is 5. The maximum Gasteiger partial charge on any atom is 0.251 e. The topological polar surface area (TPSA) is 77.6 Å². The van der Waals surface area contributed by atoms with Crippen molar-refractivity contribution in [1.82, 2.24) is 24.5 Å². The van der Waals surface area contributed by atoms with Crippen molar-refractivity contribution >= 4 is 27.8 Å². The summed E-state index contributed by atoms with van der Waals surface area (Å²) in [5.41, 5.74) is 0.886. The zero-order valence-electron chi connectivity index (χ0n) is 13.4. The summed E-state index contributed by atoms with van der Waals surface area (Å²) >= 11 is 3.32. The molecule has 9 heteroatoms. The molecule has 0 aliphatic rings. The Kier molecular flexibility index (Phi) is 5.22. The number of carbonyl (C=O) groups excluding carboxylic acids is 1. The molecule has 0 aliphatic heterocycles. The van der Waals surface area contributed by atoms with Crippen molar-refractivity contribution in [3.63, 3.8) is 0 Å². The fourth-order valence-corrected chi connectivity index (χ4v) is 2.68. The molecule has 0 spiro atoms. The van der Waals surface area contributed by atoms with Gasteiger partial charge in [-0.2, -0.15) is 5.10 Å². The molecule has 1 atom stereocenters. The van der Waals surface area contributed by atoms with Crippen molar-refractivity contribution in [3.8, 4) is 0 Å². The number of benzene rings is 1. The van der Waals surface area contributed by atoms with E-state index >= 15 is 0 Å². The SMILES string of the molecule is CCC(C(=O)Nc1ncn(Cc2ccc(F)cc2)n1)n1cc(Br)cn1. The van der Waals surface area contributed by atoms with E-state index in [1.165, 1.54) is 18.5 Å². The third-order valence-electron chi connectivity index (χ3n) is 3.61. The zero-order chi connectivity index (χ0) is 17.8. The first-order valence-electron chi connectivity index (χ1n) is 7.69. The number of halogens is 2. The van der Waals surface area contributed by atoms with E-state index in [0.29, 0.717) is 13.0 Å². The number of hydrogen-bond acceptors (Lipinski definition) is 4. The minimum absolute atomic E-state index is 0.219. The van der Waals surface area contributed by atoms with Crippen LogP contribution in [0.3, 0.4) is 0 Å². The van der Waals surface area contributed by atoms with Crippen LogP contribution in [0.1, 0.15) is 24.9 Å². The lowest BCUT2D eigenvalue weighted by atomic mass is 10.2. The minimum atomic E-state index is -0.449. The fraction of sp³-hybridized carbons (Fsp3) is 0.250. The smallest absolute Gasteiger partial charge is 0.251 e. The second-order valence-corrected chi connectivity index (χ2v) is 6.36. The Bertz CT molecular complexity index is 860. The van der Waals surface area contributed by atoms with E-state index in [2.05, 4.69) is 36.4 Å². The molecule has 25 heavy (non-hydrogen) atoms. The van der Waals surface area contributed by atoms with Crippen molar-refractivity contribution in [2.45, 2.75) is 25.9 Å². The predicted molar refractivity (Wildman–Crippen MR) is 93.4 cm³/mol. The van der Waals surface area contributed by atoms with Gasteiger partial charge in [-0.25, -0.2) is 14.1 Å². The van der Waals surface area contributed by atoms with Crippen LogP contribution in [0.4, 0.5) is 10.3 Å². The molecule has 7 nitrogen and oxygen atoms in total. The van der Waals surface area contributed by atoms with Gasteiger partial charge in [-0.3, -0.25) is 14.8 Å². The van der Waals surface area contributed by atoms with Crippen molar-refractivity contribution in [3.05, 3.63) is 58.8 Å². The molecule has 130 valence electrons. The Balaban J connectivity index is 1.65. The highest BCUT2D eigenvalue weighted by atomic mass is 79.9. The van der Waals surface area contributed by atoms with Crippen molar-refractivity contribution in [2.24, 2.45) is 0 Å². The number of hydrogen-bond donors (Lipinski definition) is 1. The summed E-state index contributed by atoms with van der Waals surface area (Å²) in [7, 11) is 0. The van der Waals surface area contributed by atoms with Crippen LogP contribution >= 0.6 is 15.9 Å². The van der Waals surface area contributed by atoms with E-state index < -0.39 is 6.04 Å². The molecule has 0 bridgehead atoms. The Morgan fingerprint density at radius 3 is 2.76 bits per heavy atom. The monoisotopic (exact) mass is 406 g/mol. The average Bonchev–Trinajstić information content (AvgIpc) is 3.20. The first-order chi connectivity index (χ1) is 12.0. The second-order valence-electron chi connectivity index (χ2n) is 5.44. The predicted octanol–water partition coefficient (Wildman–Crippen LogP) is 3.01. The highest BCUT2D eigenvalue weighted by molar-refractivity contribution is 9.10. The van der Waals surface area contributed by atoms with Gasteiger partial charge in [0.2, 0.25) is 5.95 Å². The molecular formula is C16H16BrFN6O. The maximum absolute atomic E-state index is 12.9. The van der Waals surface area contributed by atoms with E-state index in [1.54, 1.807) is 33.9 Å². The first kappa shape index (κ1) is 17.3. The molecule has 1 N–H and O–H groups in total. The Morgan fingerprint density at radius 1 is 1.36 bits per heavy atom. The summed E-state index contributed by atoms with van der Waals surface area (Å²) in [5.74, 6) is -0.305.